The van der Waals surface area contributed by atoms with Gasteiger partial charge >= 0.3 is 5.97 Å². The fraction of sp³-hybridized carbons (Fsp3) is 0.235. The fourth-order valence-electron chi connectivity index (χ4n) is 2.63. The zero-order valence-corrected chi connectivity index (χ0v) is 13.6. The van der Waals surface area contributed by atoms with E-state index in [-0.39, 0.29) is 22.9 Å². The summed E-state index contributed by atoms with van der Waals surface area (Å²) in [4.78, 5) is 10.9. The zero-order chi connectivity index (χ0) is 17.2. The summed E-state index contributed by atoms with van der Waals surface area (Å²) in [6.07, 6.45) is 0.730. The van der Waals surface area contributed by atoms with Crippen LogP contribution in [0.3, 0.4) is 0 Å². The number of nitrogens with one attached hydrogen (secondary N) is 1. The SMILES string of the molecule is O=C(O)c1cccc(S(=O)(=O)NC[C@@H]2COc3ccccc3C2)c1. The second kappa shape index (κ2) is 6.62. The van der Waals surface area contributed by atoms with E-state index in [1.807, 2.05) is 24.3 Å². The number of para-hydroxylation sites is 1. The number of ether oxygens (including phenoxy) is 1. The molecule has 1 aliphatic heterocycles. The van der Waals surface area contributed by atoms with Crippen LogP contribution in [0.2, 0.25) is 0 Å². The molecule has 0 unspecified atom stereocenters. The number of hydrogen-bond donors (Lipinski definition) is 2. The van der Waals surface area contributed by atoms with Crippen molar-refractivity contribution in [3.05, 3.63) is 59.7 Å². The Kier molecular flexibility index (Phi) is 4.55. The van der Waals surface area contributed by atoms with Crippen LogP contribution in [0.1, 0.15) is 15.9 Å². The van der Waals surface area contributed by atoms with Gasteiger partial charge in [0.25, 0.3) is 0 Å². The first-order valence-electron chi connectivity index (χ1n) is 7.49. The molecule has 2 aromatic rings. The molecule has 0 saturated heterocycles. The minimum absolute atomic E-state index is 0.0253. The Hall–Kier alpha value is -2.38. The third-order valence-electron chi connectivity index (χ3n) is 3.91. The van der Waals surface area contributed by atoms with Crippen LogP contribution < -0.4 is 9.46 Å². The summed E-state index contributed by atoms with van der Waals surface area (Å²) in [7, 11) is -3.76. The molecule has 1 atom stereocenters. The lowest BCUT2D eigenvalue weighted by molar-refractivity contribution is 0.0696. The van der Waals surface area contributed by atoms with E-state index in [9.17, 15) is 13.2 Å². The maximum absolute atomic E-state index is 12.4. The molecule has 0 aromatic heterocycles. The smallest absolute Gasteiger partial charge is 0.335 e. The second-order valence-corrected chi connectivity index (χ2v) is 7.44. The summed E-state index contributed by atoms with van der Waals surface area (Å²) in [5.41, 5.74) is 0.994. The van der Waals surface area contributed by atoms with E-state index in [0.717, 1.165) is 23.8 Å². The molecule has 1 aliphatic rings. The predicted octanol–water partition coefficient (Wildman–Crippen LogP) is 1.91. The van der Waals surface area contributed by atoms with Gasteiger partial charge in [0.2, 0.25) is 10.0 Å². The van der Waals surface area contributed by atoms with Crippen molar-refractivity contribution in [1.29, 1.82) is 0 Å². The molecular weight excluding hydrogens is 330 g/mol. The van der Waals surface area contributed by atoms with Gasteiger partial charge in [-0.2, -0.15) is 0 Å². The Bertz CT molecular complexity index is 863. The number of carbonyl (C=O) groups is 1. The van der Waals surface area contributed by atoms with Gasteiger partial charge in [0.15, 0.2) is 0 Å². The van der Waals surface area contributed by atoms with Crippen molar-refractivity contribution >= 4 is 16.0 Å². The number of carboxylic acids is 1. The number of hydrogen-bond acceptors (Lipinski definition) is 4. The summed E-state index contributed by atoms with van der Waals surface area (Å²) in [6.45, 7) is 0.669. The van der Waals surface area contributed by atoms with Gasteiger partial charge in [-0.05, 0) is 36.2 Å². The Morgan fingerprint density at radius 3 is 2.79 bits per heavy atom. The third-order valence-corrected chi connectivity index (χ3v) is 5.33. The van der Waals surface area contributed by atoms with Crippen LogP contribution in [0.25, 0.3) is 0 Å². The Balaban J connectivity index is 1.68. The molecule has 2 aromatic carbocycles. The molecule has 0 aliphatic carbocycles. The number of aromatic carboxylic acids is 1. The van der Waals surface area contributed by atoms with Crippen molar-refractivity contribution in [2.24, 2.45) is 5.92 Å². The molecule has 3 rings (SSSR count). The lowest BCUT2D eigenvalue weighted by Crippen LogP contribution is -2.34. The first-order valence-corrected chi connectivity index (χ1v) is 8.98. The van der Waals surface area contributed by atoms with E-state index in [2.05, 4.69) is 4.72 Å². The molecule has 0 saturated carbocycles. The fourth-order valence-corrected chi connectivity index (χ4v) is 3.79. The Labute approximate surface area is 140 Å². The number of benzene rings is 2. The topological polar surface area (TPSA) is 92.7 Å². The van der Waals surface area contributed by atoms with Gasteiger partial charge in [0.1, 0.15) is 5.75 Å². The van der Waals surface area contributed by atoms with E-state index >= 15 is 0 Å². The molecule has 2 N–H and O–H groups in total. The molecule has 1 heterocycles. The van der Waals surface area contributed by atoms with Crippen molar-refractivity contribution in [1.82, 2.24) is 4.72 Å². The monoisotopic (exact) mass is 347 g/mol. The molecule has 0 fully saturated rings. The number of rotatable bonds is 5. The van der Waals surface area contributed by atoms with Crippen LogP contribution in [-0.4, -0.2) is 32.6 Å². The molecule has 0 amide bonds. The van der Waals surface area contributed by atoms with E-state index in [4.69, 9.17) is 9.84 Å². The highest BCUT2D eigenvalue weighted by Crippen LogP contribution is 2.26. The molecule has 0 bridgehead atoms. The van der Waals surface area contributed by atoms with Crippen molar-refractivity contribution in [2.45, 2.75) is 11.3 Å². The standard InChI is InChI=1S/C17H17NO5S/c19-17(20)14-5-3-6-15(9-14)24(21,22)18-10-12-8-13-4-1-2-7-16(13)23-11-12/h1-7,9,12,18H,8,10-11H2,(H,19,20)/t12-/m1/s1. The second-order valence-electron chi connectivity index (χ2n) is 5.67. The quantitative estimate of drug-likeness (QED) is 0.862. The number of sulfonamides is 1. The highest BCUT2D eigenvalue weighted by atomic mass is 32.2. The van der Waals surface area contributed by atoms with Crippen LogP contribution in [-0.2, 0) is 16.4 Å². The van der Waals surface area contributed by atoms with Crippen LogP contribution in [0.4, 0.5) is 0 Å². The maximum Gasteiger partial charge on any atom is 0.335 e. The van der Waals surface area contributed by atoms with E-state index in [0.29, 0.717) is 6.61 Å². The summed E-state index contributed by atoms with van der Waals surface area (Å²) in [5.74, 6) is -0.299. The van der Waals surface area contributed by atoms with Crippen molar-refractivity contribution in [3.63, 3.8) is 0 Å². The minimum Gasteiger partial charge on any atom is -0.493 e. The molecule has 6 nitrogen and oxygen atoms in total. The van der Waals surface area contributed by atoms with Gasteiger partial charge in [-0.3, -0.25) is 0 Å². The van der Waals surface area contributed by atoms with Crippen LogP contribution >= 0.6 is 0 Å². The van der Waals surface area contributed by atoms with Gasteiger partial charge in [-0.25, -0.2) is 17.9 Å². The van der Waals surface area contributed by atoms with E-state index in [1.54, 1.807) is 0 Å². The highest BCUT2D eigenvalue weighted by molar-refractivity contribution is 7.89. The maximum atomic E-state index is 12.4. The first kappa shape index (κ1) is 16.5. The number of fused-ring (bicyclic) bond motifs is 1. The van der Waals surface area contributed by atoms with Gasteiger partial charge in [0.05, 0.1) is 17.1 Å². The normalized spacial score (nSPS) is 16.9. The van der Waals surface area contributed by atoms with Crippen LogP contribution in [0.15, 0.2) is 53.4 Å². The van der Waals surface area contributed by atoms with Crippen molar-refractivity contribution in [2.75, 3.05) is 13.2 Å². The zero-order valence-electron chi connectivity index (χ0n) is 12.8. The first-order chi connectivity index (χ1) is 11.5. The lowest BCUT2D eigenvalue weighted by Gasteiger charge is -2.25. The van der Waals surface area contributed by atoms with Crippen molar-refractivity contribution < 1.29 is 23.1 Å². The molecule has 0 radical (unpaired) electrons. The molecule has 126 valence electrons. The van der Waals surface area contributed by atoms with Gasteiger partial charge in [-0.1, -0.05) is 24.3 Å². The molecule has 0 spiro atoms. The van der Waals surface area contributed by atoms with Crippen LogP contribution in [0.5, 0.6) is 5.75 Å². The molecule has 24 heavy (non-hydrogen) atoms. The Morgan fingerprint density at radius 2 is 2.00 bits per heavy atom. The average molecular weight is 347 g/mol. The average Bonchev–Trinajstić information content (AvgIpc) is 2.60. The summed E-state index contributed by atoms with van der Waals surface area (Å²) in [6, 6.07) is 13.0. The lowest BCUT2D eigenvalue weighted by atomic mass is 9.97. The molecular formula is C17H17NO5S. The largest absolute Gasteiger partial charge is 0.493 e. The predicted molar refractivity (Wildman–Crippen MR) is 87.7 cm³/mol. The Morgan fingerprint density at radius 1 is 1.21 bits per heavy atom. The third kappa shape index (κ3) is 3.58. The summed E-state index contributed by atoms with van der Waals surface area (Å²) >= 11 is 0. The van der Waals surface area contributed by atoms with E-state index in [1.165, 1.54) is 18.2 Å². The van der Waals surface area contributed by atoms with Crippen LogP contribution in [0, 0.1) is 5.92 Å². The minimum atomic E-state index is -3.76. The van der Waals surface area contributed by atoms with Gasteiger partial charge < -0.3 is 9.84 Å². The number of carboxylic acid groups (broad SMARTS) is 1. The van der Waals surface area contributed by atoms with Gasteiger partial charge in [0, 0.05) is 12.5 Å². The van der Waals surface area contributed by atoms with Gasteiger partial charge in [-0.15, -0.1) is 0 Å². The van der Waals surface area contributed by atoms with Crippen molar-refractivity contribution in [3.8, 4) is 5.75 Å². The summed E-state index contributed by atoms with van der Waals surface area (Å²) < 4.78 is 32.9. The highest BCUT2D eigenvalue weighted by Gasteiger charge is 2.22. The summed E-state index contributed by atoms with van der Waals surface area (Å²) in [5, 5.41) is 8.97. The van der Waals surface area contributed by atoms with E-state index < -0.39 is 16.0 Å². The molecule has 7 heteroatoms.